The van der Waals surface area contributed by atoms with Crippen molar-refractivity contribution in [3.63, 3.8) is 0 Å². The normalized spacial score (nSPS) is 11.2. The van der Waals surface area contributed by atoms with Gasteiger partial charge in [-0.15, -0.1) is 0 Å². The monoisotopic (exact) mass is 283 g/mol. The van der Waals surface area contributed by atoms with Gasteiger partial charge in [-0.05, 0) is 26.0 Å². The third-order valence-electron chi connectivity index (χ3n) is 2.47. The van der Waals surface area contributed by atoms with Crippen LogP contribution in [0.15, 0.2) is 24.3 Å². The summed E-state index contributed by atoms with van der Waals surface area (Å²) >= 11 is 0. The van der Waals surface area contributed by atoms with Gasteiger partial charge >= 0.3 is 5.97 Å². The molecule has 0 aliphatic heterocycles. The van der Waals surface area contributed by atoms with E-state index >= 15 is 0 Å². The Bertz CT molecular complexity index is 464. The van der Waals surface area contributed by atoms with E-state index in [1.807, 2.05) is 0 Å². The Labute approximate surface area is 116 Å². The highest BCUT2D eigenvalue weighted by Crippen LogP contribution is 2.21. The van der Waals surface area contributed by atoms with Crippen LogP contribution in [-0.2, 0) is 14.3 Å². The van der Waals surface area contributed by atoms with Gasteiger partial charge in [-0.25, -0.2) is 4.79 Å². The summed E-state index contributed by atoms with van der Waals surface area (Å²) in [4.78, 5) is 22.0. The summed E-state index contributed by atoms with van der Waals surface area (Å²) in [6.07, 6.45) is 0. The van der Waals surface area contributed by atoms with Gasteiger partial charge in [0.1, 0.15) is 5.75 Å². The molecule has 0 heterocycles. The molecule has 7 heteroatoms. The van der Waals surface area contributed by atoms with Gasteiger partial charge in [0, 0.05) is 32.3 Å². The molecular weight excluding hydrogens is 266 g/mol. The largest absolute Gasteiger partial charge is 0.423 e. The molecule has 0 amide bonds. The second-order valence-electron chi connectivity index (χ2n) is 3.95. The van der Waals surface area contributed by atoms with Gasteiger partial charge < -0.3 is 14.2 Å². The molecule has 0 spiro atoms. The van der Waals surface area contributed by atoms with Crippen LogP contribution in [0, 0.1) is 10.1 Å². The van der Waals surface area contributed by atoms with Crippen LogP contribution in [0.4, 0.5) is 5.69 Å². The number of nitrogens with zero attached hydrogens (tertiary/aromatic N) is 1. The minimum Gasteiger partial charge on any atom is -0.423 e. The Morgan fingerprint density at radius 1 is 1.20 bits per heavy atom. The highest BCUT2D eigenvalue weighted by molar-refractivity contribution is 5.79. The molecule has 0 bridgehead atoms. The van der Waals surface area contributed by atoms with Crippen molar-refractivity contribution in [3.8, 4) is 5.75 Å². The summed E-state index contributed by atoms with van der Waals surface area (Å²) in [5.74, 6) is -2.02. The van der Waals surface area contributed by atoms with Crippen molar-refractivity contribution in [2.45, 2.75) is 26.6 Å². The van der Waals surface area contributed by atoms with Gasteiger partial charge in [0.2, 0.25) is 0 Å². The molecule has 0 saturated heterocycles. The number of hydrogen-bond donors (Lipinski definition) is 0. The van der Waals surface area contributed by atoms with Crippen LogP contribution in [0.3, 0.4) is 0 Å². The summed E-state index contributed by atoms with van der Waals surface area (Å²) in [5, 5.41) is 10.5. The van der Waals surface area contributed by atoms with E-state index in [0.717, 1.165) is 0 Å². The predicted octanol–water partition coefficient (Wildman–Crippen LogP) is 2.29. The lowest BCUT2D eigenvalue weighted by atomic mass is 10.3. The highest BCUT2D eigenvalue weighted by Gasteiger charge is 2.37. The van der Waals surface area contributed by atoms with Crippen molar-refractivity contribution in [1.29, 1.82) is 0 Å². The van der Waals surface area contributed by atoms with Crippen LogP contribution in [-0.4, -0.2) is 29.9 Å². The molecule has 1 rings (SSSR count). The predicted molar refractivity (Wildman–Crippen MR) is 70.4 cm³/mol. The number of benzene rings is 1. The molecule has 0 unspecified atom stereocenters. The average molecular weight is 283 g/mol. The molecule has 7 nitrogen and oxygen atoms in total. The lowest BCUT2D eigenvalue weighted by Crippen LogP contribution is -2.44. The minimum atomic E-state index is -1.49. The van der Waals surface area contributed by atoms with Gasteiger partial charge in [-0.2, -0.15) is 0 Å². The maximum atomic E-state index is 12.0. The number of ether oxygens (including phenoxy) is 3. The molecule has 0 aliphatic carbocycles. The quantitative estimate of drug-likeness (QED) is 0.251. The van der Waals surface area contributed by atoms with Gasteiger partial charge in [0.15, 0.2) is 0 Å². The Balaban J connectivity index is 2.80. The van der Waals surface area contributed by atoms with Crippen LogP contribution in [0.25, 0.3) is 0 Å². The summed E-state index contributed by atoms with van der Waals surface area (Å²) in [7, 11) is 0. The number of carbonyl (C=O) groups is 1. The van der Waals surface area contributed by atoms with E-state index in [1.165, 1.54) is 31.2 Å². The van der Waals surface area contributed by atoms with Crippen molar-refractivity contribution < 1.29 is 23.9 Å². The molecule has 110 valence electrons. The number of hydrogen-bond acceptors (Lipinski definition) is 6. The topological polar surface area (TPSA) is 87.9 Å². The fourth-order valence-corrected chi connectivity index (χ4v) is 1.55. The maximum absolute atomic E-state index is 12.0. The van der Waals surface area contributed by atoms with E-state index in [9.17, 15) is 14.9 Å². The van der Waals surface area contributed by atoms with E-state index in [-0.39, 0.29) is 24.7 Å². The maximum Gasteiger partial charge on any atom is 0.371 e. The number of non-ortho nitro benzene ring substituents is 1. The van der Waals surface area contributed by atoms with E-state index in [1.54, 1.807) is 13.8 Å². The number of esters is 1. The second-order valence-corrected chi connectivity index (χ2v) is 3.95. The zero-order valence-electron chi connectivity index (χ0n) is 11.6. The van der Waals surface area contributed by atoms with Crippen LogP contribution >= 0.6 is 0 Å². The molecule has 0 saturated carbocycles. The summed E-state index contributed by atoms with van der Waals surface area (Å²) in [6.45, 7) is 5.50. The first-order chi connectivity index (χ1) is 9.42. The second kappa shape index (κ2) is 6.97. The van der Waals surface area contributed by atoms with Crippen LogP contribution in [0.1, 0.15) is 20.8 Å². The molecule has 0 radical (unpaired) electrons. The van der Waals surface area contributed by atoms with Crippen molar-refractivity contribution in [3.05, 3.63) is 34.4 Å². The first-order valence-corrected chi connectivity index (χ1v) is 6.17. The van der Waals surface area contributed by atoms with E-state index < -0.39 is 16.7 Å². The number of nitro benzene ring substituents is 1. The molecule has 0 N–H and O–H groups in total. The third kappa shape index (κ3) is 4.01. The van der Waals surface area contributed by atoms with Crippen molar-refractivity contribution in [2.24, 2.45) is 0 Å². The molecular formula is C13H17NO6. The number of carbonyl (C=O) groups excluding carboxylic acids is 1. The van der Waals surface area contributed by atoms with Gasteiger partial charge in [-0.3, -0.25) is 10.1 Å². The summed E-state index contributed by atoms with van der Waals surface area (Å²) in [5.41, 5.74) is -0.0813. The van der Waals surface area contributed by atoms with E-state index in [0.29, 0.717) is 0 Å². The Kier molecular flexibility index (Phi) is 5.60. The molecule has 0 fully saturated rings. The van der Waals surface area contributed by atoms with Crippen molar-refractivity contribution >= 4 is 11.7 Å². The SMILES string of the molecule is CCOC(C)(OCC)C(=O)Oc1ccc([N+](=O)[O-])cc1. The highest BCUT2D eigenvalue weighted by atomic mass is 16.7. The van der Waals surface area contributed by atoms with Gasteiger partial charge in [-0.1, -0.05) is 0 Å². The fourth-order valence-electron chi connectivity index (χ4n) is 1.55. The Hall–Kier alpha value is -1.99. The summed E-state index contributed by atoms with van der Waals surface area (Å²) < 4.78 is 15.6. The number of rotatable bonds is 7. The van der Waals surface area contributed by atoms with Gasteiger partial charge in [0.05, 0.1) is 4.92 Å². The lowest BCUT2D eigenvalue weighted by Gasteiger charge is -2.26. The zero-order valence-corrected chi connectivity index (χ0v) is 11.6. The van der Waals surface area contributed by atoms with Crippen molar-refractivity contribution in [2.75, 3.05) is 13.2 Å². The van der Waals surface area contributed by atoms with Crippen LogP contribution in [0.5, 0.6) is 5.75 Å². The van der Waals surface area contributed by atoms with Crippen molar-refractivity contribution in [1.82, 2.24) is 0 Å². The first kappa shape index (κ1) is 16.1. The fraction of sp³-hybridized carbons (Fsp3) is 0.462. The minimum absolute atomic E-state index is 0.0813. The van der Waals surface area contributed by atoms with E-state index in [4.69, 9.17) is 14.2 Å². The zero-order chi connectivity index (χ0) is 15.2. The molecule has 20 heavy (non-hydrogen) atoms. The van der Waals surface area contributed by atoms with Crippen LogP contribution < -0.4 is 4.74 Å². The first-order valence-electron chi connectivity index (χ1n) is 6.17. The van der Waals surface area contributed by atoms with E-state index in [2.05, 4.69) is 0 Å². The molecule has 0 aromatic heterocycles. The molecule has 1 aromatic rings. The van der Waals surface area contributed by atoms with Gasteiger partial charge in [0.25, 0.3) is 11.5 Å². The Morgan fingerprint density at radius 3 is 2.10 bits per heavy atom. The number of nitro groups is 1. The average Bonchev–Trinajstić information content (AvgIpc) is 2.39. The molecule has 1 aromatic carbocycles. The molecule has 0 atom stereocenters. The smallest absolute Gasteiger partial charge is 0.371 e. The third-order valence-corrected chi connectivity index (χ3v) is 2.47. The summed E-state index contributed by atoms with van der Waals surface area (Å²) in [6, 6.07) is 5.19. The molecule has 0 aliphatic rings. The van der Waals surface area contributed by atoms with Crippen LogP contribution in [0.2, 0.25) is 0 Å². The Morgan fingerprint density at radius 2 is 1.70 bits per heavy atom. The lowest BCUT2D eigenvalue weighted by molar-refractivity contribution is -0.384. The standard InChI is InChI=1S/C13H17NO6/c1-4-18-13(3,19-5-2)12(15)20-11-8-6-10(7-9-11)14(16)17/h6-9H,4-5H2,1-3H3.